The van der Waals surface area contributed by atoms with Gasteiger partial charge in [0.25, 0.3) is 0 Å². The molecule has 0 amide bonds. The number of hydrogen-bond acceptors (Lipinski definition) is 10. The van der Waals surface area contributed by atoms with E-state index in [1.165, 1.54) is 6.92 Å². The molecule has 186 valence electrons. The van der Waals surface area contributed by atoms with Crippen molar-refractivity contribution in [3.8, 4) is 0 Å². The summed E-state index contributed by atoms with van der Waals surface area (Å²) in [5.41, 5.74) is 0.0161. The topological polar surface area (TPSA) is 124 Å². The lowest BCUT2D eigenvalue weighted by molar-refractivity contribution is -0.142. The second-order valence-electron chi connectivity index (χ2n) is 8.08. The largest absolute Gasteiger partial charge is 0.508 e. The summed E-state index contributed by atoms with van der Waals surface area (Å²) in [5, 5.41) is 0. The first-order valence-electron chi connectivity index (χ1n) is 11.6. The van der Waals surface area contributed by atoms with Crippen molar-refractivity contribution < 1.29 is 47.6 Å². The molecule has 10 heteroatoms. The molecule has 0 radical (unpaired) electrons. The summed E-state index contributed by atoms with van der Waals surface area (Å²) in [6, 6.07) is 0. The van der Waals surface area contributed by atoms with Crippen molar-refractivity contribution in [3.05, 3.63) is 11.6 Å². The van der Waals surface area contributed by atoms with Crippen LogP contribution in [-0.2, 0) is 38.0 Å². The first-order valence-corrected chi connectivity index (χ1v) is 11.6. The number of carbonyl (C=O) groups excluding carboxylic acids is 4. The fourth-order valence-electron chi connectivity index (χ4n) is 3.62. The Morgan fingerprint density at radius 3 is 1.55 bits per heavy atom. The molecule has 0 N–H and O–H groups in total. The second kappa shape index (κ2) is 15.1. The van der Waals surface area contributed by atoms with Gasteiger partial charge in [-0.1, -0.05) is 12.8 Å². The Labute approximate surface area is 193 Å². The molecule has 0 aliphatic heterocycles. The Kier molecular flexibility index (Phi) is 12.1. The predicted octanol–water partition coefficient (Wildman–Crippen LogP) is 3.99. The zero-order valence-corrected chi connectivity index (χ0v) is 19.2. The van der Waals surface area contributed by atoms with Gasteiger partial charge < -0.3 is 28.4 Å². The SMILES string of the molecule is C/C(=C\C(=O)OCCOC(=O)OC1CCCCC1)C(=O)OCCOC(=O)OC1CCCCC1. The van der Waals surface area contributed by atoms with Crippen LogP contribution in [-0.4, -0.2) is 62.9 Å². The zero-order valence-electron chi connectivity index (χ0n) is 19.2. The number of rotatable bonds is 10. The van der Waals surface area contributed by atoms with Crippen LogP contribution in [0.5, 0.6) is 0 Å². The first-order chi connectivity index (χ1) is 15.9. The van der Waals surface area contributed by atoms with Gasteiger partial charge in [0.2, 0.25) is 0 Å². The molecule has 0 spiro atoms. The minimum atomic E-state index is -0.780. The van der Waals surface area contributed by atoms with E-state index in [0.29, 0.717) is 0 Å². The standard InChI is InChI=1S/C23H34O10/c1-17(21(25)29-13-15-31-23(27)33-19-10-6-3-7-11-19)16-20(24)28-12-14-30-22(26)32-18-8-4-2-5-9-18/h16,18-19H,2-15H2,1H3/b17-16+. The molecule has 0 bridgehead atoms. The average molecular weight is 471 g/mol. The van der Waals surface area contributed by atoms with Gasteiger partial charge in [-0.3, -0.25) is 0 Å². The van der Waals surface area contributed by atoms with E-state index in [2.05, 4.69) is 0 Å². The Bertz CT molecular complexity index is 675. The van der Waals surface area contributed by atoms with Gasteiger partial charge in [-0.15, -0.1) is 0 Å². The van der Waals surface area contributed by atoms with Gasteiger partial charge in [-0.25, -0.2) is 19.2 Å². The minimum absolute atomic E-state index is 0.0161. The van der Waals surface area contributed by atoms with Gasteiger partial charge in [-0.05, 0) is 58.3 Å². The predicted molar refractivity (Wildman–Crippen MR) is 114 cm³/mol. The van der Waals surface area contributed by atoms with Crippen molar-refractivity contribution in [2.24, 2.45) is 0 Å². The van der Waals surface area contributed by atoms with Crippen LogP contribution in [0.3, 0.4) is 0 Å². The summed E-state index contributed by atoms with van der Waals surface area (Å²) in [6.07, 6.45) is 8.95. The maximum Gasteiger partial charge on any atom is 0.508 e. The van der Waals surface area contributed by atoms with E-state index >= 15 is 0 Å². The Hall–Kier alpha value is -2.78. The maximum atomic E-state index is 11.9. The fraction of sp³-hybridized carbons (Fsp3) is 0.739. The third-order valence-corrected chi connectivity index (χ3v) is 5.37. The summed E-state index contributed by atoms with van der Waals surface area (Å²) < 4.78 is 30.0. The van der Waals surface area contributed by atoms with Crippen LogP contribution in [0.1, 0.15) is 71.1 Å². The van der Waals surface area contributed by atoms with E-state index in [9.17, 15) is 19.2 Å². The van der Waals surface area contributed by atoms with Gasteiger partial charge in [0.1, 0.15) is 38.6 Å². The molecule has 0 atom stereocenters. The molecule has 2 rings (SSSR count). The van der Waals surface area contributed by atoms with Crippen molar-refractivity contribution in [2.75, 3.05) is 26.4 Å². The van der Waals surface area contributed by atoms with Crippen molar-refractivity contribution in [1.29, 1.82) is 0 Å². The molecule has 2 fully saturated rings. The van der Waals surface area contributed by atoms with E-state index in [-0.39, 0.29) is 44.2 Å². The van der Waals surface area contributed by atoms with Crippen molar-refractivity contribution in [1.82, 2.24) is 0 Å². The Balaban J connectivity index is 1.51. The smallest absolute Gasteiger partial charge is 0.459 e. The normalized spacial score (nSPS) is 17.5. The highest BCUT2D eigenvalue weighted by molar-refractivity contribution is 5.95. The van der Waals surface area contributed by atoms with E-state index in [4.69, 9.17) is 28.4 Å². The lowest BCUT2D eigenvalue weighted by atomic mass is 9.98. The van der Waals surface area contributed by atoms with Gasteiger partial charge in [0.05, 0.1) is 0 Å². The molecule has 0 unspecified atom stereocenters. The van der Waals surface area contributed by atoms with Crippen LogP contribution in [0.25, 0.3) is 0 Å². The van der Waals surface area contributed by atoms with Crippen LogP contribution < -0.4 is 0 Å². The zero-order chi connectivity index (χ0) is 23.9. The van der Waals surface area contributed by atoms with Crippen LogP contribution in [0.15, 0.2) is 11.6 Å². The molecular formula is C23H34O10. The monoisotopic (exact) mass is 470 g/mol. The van der Waals surface area contributed by atoms with Crippen LogP contribution in [0.2, 0.25) is 0 Å². The van der Waals surface area contributed by atoms with E-state index < -0.39 is 24.2 Å². The Morgan fingerprint density at radius 2 is 1.06 bits per heavy atom. The van der Waals surface area contributed by atoms with E-state index in [0.717, 1.165) is 70.3 Å². The minimum Gasteiger partial charge on any atom is -0.459 e. The molecule has 0 aromatic carbocycles. The summed E-state index contributed by atoms with van der Waals surface area (Å²) in [5.74, 6) is -1.52. The molecule has 2 aliphatic rings. The molecular weight excluding hydrogens is 436 g/mol. The molecule has 10 nitrogen and oxygen atoms in total. The van der Waals surface area contributed by atoms with Gasteiger partial charge >= 0.3 is 24.2 Å². The number of hydrogen-bond donors (Lipinski definition) is 0. The summed E-state index contributed by atoms with van der Waals surface area (Å²) in [7, 11) is 0. The third kappa shape index (κ3) is 11.6. The molecule has 0 saturated heterocycles. The average Bonchev–Trinajstić information content (AvgIpc) is 2.80. The summed E-state index contributed by atoms with van der Waals surface area (Å²) >= 11 is 0. The molecule has 0 aromatic rings. The maximum absolute atomic E-state index is 11.9. The van der Waals surface area contributed by atoms with Gasteiger partial charge in [-0.2, -0.15) is 0 Å². The highest BCUT2D eigenvalue weighted by atomic mass is 16.7. The van der Waals surface area contributed by atoms with Crippen molar-refractivity contribution in [3.63, 3.8) is 0 Å². The fourth-order valence-corrected chi connectivity index (χ4v) is 3.62. The second-order valence-corrected chi connectivity index (χ2v) is 8.08. The summed E-state index contributed by atoms with van der Waals surface area (Å²) in [6.45, 7) is 0.746. The van der Waals surface area contributed by atoms with Crippen molar-refractivity contribution >= 4 is 24.2 Å². The molecule has 2 saturated carbocycles. The lowest BCUT2D eigenvalue weighted by Gasteiger charge is -2.21. The number of carbonyl (C=O) groups is 4. The van der Waals surface area contributed by atoms with Crippen LogP contribution in [0.4, 0.5) is 9.59 Å². The first kappa shape index (κ1) is 26.5. The van der Waals surface area contributed by atoms with Crippen LogP contribution in [0, 0.1) is 0 Å². The van der Waals surface area contributed by atoms with Gasteiger partial charge in [0.15, 0.2) is 0 Å². The van der Waals surface area contributed by atoms with E-state index in [1.807, 2.05) is 0 Å². The number of ether oxygens (including phenoxy) is 6. The van der Waals surface area contributed by atoms with Crippen LogP contribution >= 0.6 is 0 Å². The van der Waals surface area contributed by atoms with E-state index in [1.54, 1.807) is 0 Å². The molecule has 33 heavy (non-hydrogen) atoms. The van der Waals surface area contributed by atoms with Crippen molar-refractivity contribution in [2.45, 2.75) is 83.3 Å². The molecule has 0 aromatic heterocycles. The summed E-state index contributed by atoms with van der Waals surface area (Å²) in [4.78, 5) is 46.9. The highest BCUT2D eigenvalue weighted by Crippen LogP contribution is 2.21. The molecule has 0 heterocycles. The lowest BCUT2D eigenvalue weighted by Crippen LogP contribution is -2.23. The quantitative estimate of drug-likeness (QED) is 0.200. The highest BCUT2D eigenvalue weighted by Gasteiger charge is 2.19. The third-order valence-electron chi connectivity index (χ3n) is 5.37. The number of esters is 2. The molecule has 2 aliphatic carbocycles. The Morgan fingerprint density at radius 1 is 0.636 bits per heavy atom. The van der Waals surface area contributed by atoms with Gasteiger partial charge in [0, 0.05) is 11.6 Å².